The van der Waals surface area contributed by atoms with E-state index in [1.54, 1.807) is 36.5 Å². The number of carbonyl (C=O) groups excluding carboxylic acids is 1. The van der Waals surface area contributed by atoms with Crippen LogP contribution in [0.15, 0.2) is 76.9 Å². The number of hydrogen-bond acceptors (Lipinski definition) is 10. The van der Waals surface area contributed by atoms with Gasteiger partial charge in [0.15, 0.2) is 0 Å². The molecule has 1 aromatic carbocycles. The highest BCUT2D eigenvalue weighted by Gasteiger charge is 2.24. The molecule has 0 saturated carbocycles. The minimum Gasteiger partial charge on any atom is -0.508 e. The largest absolute Gasteiger partial charge is 0.508 e. The molecule has 0 bridgehead atoms. The molecule has 10 nitrogen and oxygen atoms in total. The molecule has 3 rings (SSSR count). The van der Waals surface area contributed by atoms with Crippen LogP contribution >= 0.6 is 11.3 Å². The average Bonchev–Trinajstić information content (AvgIpc) is 3.34. The van der Waals surface area contributed by atoms with Crippen LogP contribution in [0.2, 0.25) is 0 Å². The molecule has 1 atom stereocenters. The second-order valence-electron chi connectivity index (χ2n) is 7.22. The van der Waals surface area contributed by atoms with E-state index in [9.17, 15) is 18.3 Å². The molecule has 12 heteroatoms. The number of hydrazine groups is 1. The van der Waals surface area contributed by atoms with Gasteiger partial charge in [0.2, 0.25) is 10.0 Å². The first-order chi connectivity index (χ1) is 16.2. The van der Waals surface area contributed by atoms with Crippen LogP contribution in [0.3, 0.4) is 0 Å². The highest BCUT2D eigenvalue weighted by atomic mass is 32.2. The maximum absolute atomic E-state index is 12.7. The van der Waals surface area contributed by atoms with Gasteiger partial charge in [-0.25, -0.2) is 23.8 Å². The summed E-state index contributed by atoms with van der Waals surface area (Å²) in [7, 11) is -2.59. The van der Waals surface area contributed by atoms with Crippen LogP contribution in [0, 0.1) is 0 Å². The number of ether oxygens (including phenoxy) is 1. The molecule has 0 aliphatic carbocycles. The standard InChI is InChI=1S/C22H25N5O5S2/c1-32-22(29)19(12-15-5-7-17(28)8-6-15)27(24)14-16(23)13-26-34(30,31)21-10-9-20(33-21)18-4-2-3-11-25-18/h2-11,14,19,26,28H,12-13,23-24H2,1H3/b16-14-/t19-/m0/s1. The van der Waals surface area contributed by atoms with Crippen molar-refractivity contribution in [2.24, 2.45) is 11.6 Å². The number of hydrogen-bond donors (Lipinski definition) is 4. The lowest BCUT2D eigenvalue weighted by molar-refractivity contribution is -0.146. The van der Waals surface area contributed by atoms with Crippen molar-refractivity contribution in [1.82, 2.24) is 14.7 Å². The second kappa shape index (κ2) is 11.1. The van der Waals surface area contributed by atoms with E-state index in [-0.39, 0.29) is 28.6 Å². The van der Waals surface area contributed by atoms with Crippen molar-refractivity contribution in [2.45, 2.75) is 16.7 Å². The molecule has 0 amide bonds. The molecule has 0 aliphatic heterocycles. The number of rotatable bonds is 10. The molecule has 34 heavy (non-hydrogen) atoms. The van der Waals surface area contributed by atoms with Crippen molar-refractivity contribution < 1.29 is 23.1 Å². The minimum absolute atomic E-state index is 0.0900. The van der Waals surface area contributed by atoms with E-state index in [4.69, 9.17) is 16.3 Å². The number of carbonyl (C=O) groups is 1. The number of aromatic hydroxyl groups is 1. The number of nitrogens with one attached hydrogen (secondary N) is 1. The number of nitrogens with zero attached hydrogens (tertiary/aromatic N) is 2. The molecule has 2 heterocycles. The molecule has 180 valence electrons. The fraction of sp³-hybridized carbons (Fsp3) is 0.182. The summed E-state index contributed by atoms with van der Waals surface area (Å²) in [6, 6.07) is 14.0. The number of pyridine rings is 1. The van der Waals surface area contributed by atoms with Crippen LogP contribution in [0.5, 0.6) is 5.75 Å². The Morgan fingerprint density at radius 2 is 1.97 bits per heavy atom. The monoisotopic (exact) mass is 503 g/mol. The van der Waals surface area contributed by atoms with Crippen LogP contribution in [-0.2, 0) is 26.0 Å². The number of thiophene rings is 1. The Morgan fingerprint density at radius 3 is 2.62 bits per heavy atom. The molecule has 3 aromatic rings. The summed E-state index contributed by atoms with van der Waals surface area (Å²) in [6.07, 6.45) is 3.09. The predicted molar refractivity (Wildman–Crippen MR) is 129 cm³/mol. The van der Waals surface area contributed by atoms with Crippen molar-refractivity contribution in [3.63, 3.8) is 0 Å². The van der Waals surface area contributed by atoms with Gasteiger partial charge in [-0.3, -0.25) is 4.98 Å². The molecule has 0 unspecified atom stereocenters. The Morgan fingerprint density at radius 1 is 1.24 bits per heavy atom. The Labute approximate surface area is 201 Å². The second-order valence-corrected chi connectivity index (χ2v) is 10.3. The van der Waals surface area contributed by atoms with Gasteiger partial charge in [0.1, 0.15) is 16.0 Å². The van der Waals surface area contributed by atoms with Crippen LogP contribution in [0.25, 0.3) is 10.6 Å². The van der Waals surface area contributed by atoms with Crippen molar-refractivity contribution in [3.8, 4) is 16.3 Å². The van der Waals surface area contributed by atoms with Crippen molar-refractivity contribution >= 4 is 27.3 Å². The Balaban J connectivity index is 1.67. The summed E-state index contributed by atoms with van der Waals surface area (Å²) in [5.74, 6) is 5.53. The van der Waals surface area contributed by atoms with Crippen LogP contribution < -0.4 is 16.3 Å². The van der Waals surface area contributed by atoms with Gasteiger partial charge in [-0.1, -0.05) is 18.2 Å². The van der Waals surface area contributed by atoms with Crippen LogP contribution in [-0.4, -0.2) is 49.2 Å². The van der Waals surface area contributed by atoms with Crippen LogP contribution in [0.4, 0.5) is 0 Å². The summed E-state index contributed by atoms with van der Waals surface area (Å²) >= 11 is 1.09. The van der Waals surface area contributed by atoms with E-state index >= 15 is 0 Å². The quantitative estimate of drug-likeness (QED) is 0.183. The zero-order valence-corrected chi connectivity index (χ0v) is 19.9. The SMILES string of the molecule is COC(=O)[C@H](Cc1ccc(O)cc1)N(N)/C=C(\N)CNS(=O)(=O)c1ccc(-c2ccccn2)s1. The lowest BCUT2D eigenvalue weighted by Gasteiger charge is -2.24. The summed E-state index contributed by atoms with van der Waals surface area (Å²) in [5.41, 5.74) is 7.47. The van der Waals surface area contributed by atoms with Gasteiger partial charge in [0, 0.05) is 24.5 Å². The summed E-state index contributed by atoms with van der Waals surface area (Å²) in [6.45, 7) is -0.222. The van der Waals surface area contributed by atoms with E-state index in [1.165, 1.54) is 31.5 Å². The van der Waals surface area contributed by atoms with Crippen molar-refractivity contribution in [1.29, 1.82) is 0 Å². The summed E-state index contributed by atoms with van der Waals surface area (Å²) in [5, 5.41) is 10.5. The Hall–Kier alpha value is -3.45. The first-order valence-electron chi connectivity index (χ1n) is 10.1. The molecule has 0 aliphatic rings. The lowest BCUT2D eigenvalue weighted by atomic mass is 10.1. The number of esters is 1. The maximum atomic E-state index is 12.7. The van der Waals surface area contributed by atoms with Gasteiger partial charge in [0.05, 0.1) is 24.2 Å². The highest BCUT2D eigenvalue weighted by Crippen LogP contribution is 2.29. The zero-order chi connectivity index (χ0) is 24.7. The van der Waals surface area contributed by atoms with Crippen molar-refractivity contribution in [2.75, 3.05) is 13.7 Å². The minimum atomic E-state index is -3.83. The highest BCUT2D eigenvalue weighted by molar-refractivity contribution is 7.91. The van der Waals surface area contributed by atoms with Crippen molar-refractivity contribution in [3.05, 3.63) is 78.3 Å². The fourth-order valence-corrected chi connectivity index (χ4v) is 5.33. The molecular weight excluding hydrogens is 478 g/mol. The van der Waals surface area contributed by atoms with E-state index in [2.05, 4.69) is 9.71 Å². The number of nitrogens with two attached hydrogens (primary N) is 2. The summed E-state index contributed by atoms with van der Waals surface area (Å²) in [4.78, 5) is 17.2. The topological polar surface area (TPSA) is 161 Å². The Kier molecular flexibility index (Phi) is 8.23. The van der Waals surface area contributed by atoms with Gasteiger partial charge < -0.3 is 20.6 Å². The fourth-order valence-electron chi connectivity index (χ4n) is 2.99. The molecule has 2 aromatic heterocycles. The smallest absolute Gasteiger partial charge is 0.330 e. The number of phenols is 1. The molecular formula is C22H25N5O5S2. The number of benzene rings is 1. The molecule has 0 saturated heterocycles. The van der Waals surface area contributed by atoms with Gasteiger partial charge in [-0.2, -0.15) is 0 Å². The molecule has 0 spiro atoms. The van der Waals surface area contributed by atoms with E-state index < -0.39 is 22.0 Å². The first-order valence-corrected chi connectivity index (χ1v) is 12.4. The van der Waals surface area contributed by atoms with Crippen LogP contribution in [0.1, 0.15) is 5.56 Å². The summed E-state index contributed by atoms with van der Waals surface area (Å²) < 4.78 is 32.7. The van der Waals surface area contributed by atoms with Gasteiger partial charge in [-0.15, -0.1) is 11.3 Å². The number of methoxy groups -OCH3 is 1. The lowest BCUT2D eigenvalue weighted by Crippen LogP contribution is -2.45. The maximum Gasteiger partial charge on any atom is 0.330 e. The predicted octanol–water partition coefficient (Wildman–Crippen LogP) is 1.55. The van der Waals surface area contributed by atoms with E-state index in [0.717, 1.165) is 21.9 Å². The molecule has 6 N–H and O–H groups in total. The van der Waals surface area contributed by atoms with Gasteiger partial charge in [-0.05, 0) is 42.0 Å². The van der Waals surface area contributed by atoms with E-state index in [1.807, 2.05) is 6.07 Å². The molecule has 0 radical (unpaired) electrons. The van der Waals surface area contributed by atoms with E-state index in [0.29, 0.717) is 10.6 Å². The van der Waals surface area contributed by atoms with Gasteiger partial charge >= 0.3 is 5.97 Å². The third kappa shape index (κ3) is 6.54. The number of phenolic OH excluding ortho intramolecular Hbond substituents is 1. The normalized spacial score (nSPS) is 12.8. The number of sulfonamides is 1. The first kappa shape index (κ1) is 25.2. The van der Waals surface area contributed by atoms with Gasteiger partial charge in [0.25, 0.3) is 0 Å². The third-order valence-electron chi connectivity index (χ3n) is 4.74. The Bertz CT molecular complexity index is 1240. The third-order valence-corrected chi connectivity index (χ3v) is 7.74. The number of aromatic nitrogens is 1. The average molecular weight is 504 g/mol. The molecule has 0 fully saturated rings. The zero-order valence-electron chi connectivity index (χ0n) is 18.3.